The number of fused-ring (bicyclic) bond motifs is 1. The minimum Gasteiger partial charge on any atom is -0.432 e. The van der Waals surface area contributed by atoms with Crippen LogP contribution in [0.3, 0.4) is 0 Å². The highest BCUT2D eigenvalue weighted by Crippen LogP contribution is 2.21. The Bertz CT molecular complexity index is 412. The van der Waals surface area contributed by atoms with Crippen molar-refractivity contribution in [2.75, 3.05) is 0 Å². The van der Waals surface area contributed by atoms with Crippen molar-refractivity contribution in [2.24, 2.45) is 0 Å². The minimum atomic E-state index is 0.691. The lowest BCUT2D eigenvalue weighted by Gasteiger charge is -1.92. The lowest BCUT2D eigenvalue weighted by Crippen LogP contribution is -1.79. The Morgan fingerprint density at radius 1 is 1.50 bits per heavy atom. The molecule has 2 nitrogen and oxygen atoms in total. The second kappa shape index (κ2) is 3.33. The van der Waals surface area contributed by atoms with E-state index in [1.807, 2.05) is 18.2 Å². The van der Waals surface area contributed by atoms with Gasteiger partial charge in [0.05, 0.1) is 0 Å². The summed E-state index contributed by atoms with van der Waals surface area (Å²) in [6, 6.07) is 5.94. The molecule has 0 saturated carbocycles. The van der Waals surface area contributed by atoms with E-state index in [2.05, 4.69) is 43.5 Å². The van der Waals surface area contributed by atoms with Crippen molar-refractivity contribution in [1.82, 2.24) is 4.98 Å². The SMILES string of the molecule is BrCc1cccc2oc(I)nc12. The zero-order chi connectivity index (χ0) is 8.55. The molecule has 0 spiro atoms. The highest BCUT2D eigenvalue weighted by molar-refractivity contribution is 14.1. The third-order valence-corrected chi connectivity index (χ3v) is 2.69. The number of hydrogen-bond acceptors (Lipinski definition) is 2. The van der Waals surface area contributed by atoms with Gasteiger partial charge in [-0.25, -0.2) is 4.98 Å². The summed E-state index contributed by atoms with van der Waals surface area (Å²) >= 11 is 5.48. The van der Waals surface area contributed by atoms with Crippen LogP contribution in [0.2, 0.25) is 0 Å². The van der Waals surface area contributed by atoms with Gasteiger partial charge in [0.1, 0.15) is 5.52 Å². The van der Waals surface area contributed by atoms with Gasteiger partial charge in [-0.3, -0.25) is 0 Å². The average molecular weight is 338 g/mol. The predicted molar refractivity (Wildman–Crippen MR) is 59.4 cm³/mol. The van der Waals surface area contributed by atoms with E-state index in [1.165, 1.54) is 5.56 Å². The Morgan fingerprint density at radius 3 is 3.08 bits per heavy atom. The van der Waals surface area contributed by atoms with Crippen molar-refractivity contribution >= 4 is 49.6 Å². The number of aromatic nitrogens is 1. The summed E-state index contributed by atoms with van der Waals surface area (Å²) in [7, 11) is 0. The Kier molecular flexibility index (Phi) is 2.36. The number of alkyl halides is 1. The summed E-state index contributed by atoms with van der Waals surface area (Å²) in [5.41, 5.74) is 2.98. The number of para-hydroxylation sites is 1. The molecule has 0 N–H and O–H groups in total. The highest BCUT2D eigenvalue weighted by atomic mass is 127. The van der Waals surface area contributed by atoms with E-state index in [0.717, 1.165) is 16.4 Å². The largest absolute Gasteiger partial charge is 0.432 e. The molecular formula is C8H5BrINO. The first-order chi connectivity index (χ1) is 5.81. The van der Waals surface area contributed by atoms with Crippen LogP contribution in [0.1, 0.15) is 5.56 Å². The average Bonchev–Trinajstić information content (AvgIpc) is 2.44. The van der Waals surface area contributed by atoms with Gasteiger partial charge in [-0.1, -0.05) is 28.1 Å². The second-order valence-electron chi connectivity index (χ2n) is 2.36. The highest BCUT2D eigenvalue weighted by Gasteiger charge is 2.05. The zero-order valence-electron chi connectivity index (χ0n) is 6.05. The van der Waals surface area contributed by atoms with Gasteiger partial charge in [0.2, 0.25) is 0 Å². The fraction of sp³-hybridized carbons (Fsp3) is 0.125. The molecule has 1 aromatic heterocycles. The molecule has 0 atom stereocenters. The fourth-order valence-corrected chi connectivity index (χ4v) is 2.02. The first-order valence-electron chi connectivity index (χ1n) is 3.41. The normalized spacial score (nSPS) is 10.8. The lowest BCUT2D eigenvalue weighted by atomic mass is 10.2. The van der Waals surface area contributed by atoms with Crippen LogP contribution in [-0.2, 0) is 5.33 Å². The molecule has 4 heteroatoms. The van der Waals surface area contributed by atoms with Crippen molar-refractivity contribution in [1.29, 1.82) is 0 Å². The molecule has 2 aromatic rings. The Hall–Kier alpha value is -0.100. The van der Waals surface area contributed by atoms with Crippen LogP contribution in [0.15, 0.2) is 22.6 Å². The van der Waals surface area contributed by atoms with E-state index < -0.39 is 0 Å². The van der Waals surface area contributed by atoms with Gasteiger partial charge in [-0.2, -0.15) is 0 Å². The molecule has 1 heterocycles. The summed E-state index contributed by atoms with van der Waals surface area (Å²) in [6.07, 6.45) is 0. The van der Waals surface area contributed by atoms with Gasteiger partial charge in [0.15, 0.2) is 5.58 Å². The monoisotopic (exact) mass is 337 g/mol. The van der Waals surface area contributed by atoms with Crippen molar-refractivity contribution in [2.45, 2.75) is 5.33 Å². The molecule has 62 valence electrons. The molecule has 1 aromatic carbocycles. The molecule has 0 amide bonds. The minimum absolute atomic E-state index is 0.691. The smallest absolute Gasteiger partial charge is 0.258 e. The van der Waals surface area contributed by atoms with Crippen molar-refractivity contribution < 1.29 is 4.42 Å². The van der Waals surface area contributed by atoms with Gasteiger partial charge < -0.3 is 4.42 Å². The van der Waals surface area contributed by atoms with E-state index in [9.17, 15) is 0 Å². The molecule has 0 radical (unpaired) electrons. The molecule has 0 bridgehead atoms. The van der Waals surface area contributed by atoms with E-state index in [-0.39, 0.29) is 0 Å². The summed E-state index contributed by atoms with van der Waals surface area (Å²) in [5.74, 6) is 0. The predicted octanol–water partition coefficient (Wildman–Crippen LogP) is 3.33. The number of rotatable bonds is 1. The van der Waals surface area contributed by atoms with Crippen LogP contribution in [0.25, 0.3) is 11.1 Å². The summed E-state index contributed by atoms with van der Waals surface area (Å²) < 4.78 is 6.06. The summed E-state index contributed by atoms with van der Waals surface area (Å²) in [4.78, 5) is 4.27. The molecule has 2 rings (SSSR count). The quantitative estimate of drug-likeness (QED) is 0.589. The van der Waals surface area contributed by atoms with Crippen LogP contribution < -0.4 is 0 Å². The second-order valence-corrected chi connectivity index (χ2v) is 3.85. The van der Waals surface area contributed by atoms with Crippen molar-refractivity contribution in [3.63, 3.8) is 0 Å². The molecular weight excluding hydrogens is 333 g/mol. The maximum atomic E-state index is 5.37. The third kappa shape index (κ3) is 1.37. The van der Waals surface area contributed by atoms with Crippen LogP contribution in [0.5, 0.6) is 0 Å². The van der Waals surface area contributed by atoms with Crippen molar-refractivity contribution in [3.05, 3.63) is 27.7 Å². The first-order valence-corrected chi connectivity index (χ1v) is 5.61. The van der Waals surface area contributed by atoms with Crippen LogP contribution in [0.4, 0.5) is 0 Å². The Morgan fingerprint density at radius 2 is 2.33 bits per heavy atom. The molecule has 0 saturated heterocycles. The van der Waals surface area contributed by atoms with E-state index in [1.54, 1.807) is 0 Å². The molecule has 0 aliphatic carbocycles. The van der Waals surface area contributed by atoms with Crippen LogP contribution in [-0.4, -0.2) is 4.98 Å². The number of oxazole rings is 1. The third-order valence-electron chi connectivity index (χ3n) is 1.62. The summed E-state index contributed by atoms with van der Waals surface area (Å²) in [6.45, 7) is 0. The molecule has 12 heavy (non-hydrogen) atoms. The lowest BCUT2D eigenvalue weighted by molar-refractivity contribution is 0.566. The van der Waals surface area contributed by atoms with Gasteiger partial charge >= 0.3 is 0 Å². The Labute approximate surface area is 91.6 Å². The maximum absolute atomic E-state index is 5.37. The van der Waals surface area contributed by atoms with Gasteiger partial charge in [0.25, 0.3) is 3.90 Å². The van der Waals surface area contributed by atoms with Gasteiger partial charge in [-0.05, 0) is 11.6 Å². The molecule has 0 unspecified atom stereocenters. The topological polar surface area (TPSA) is 26.0 Å². The molecule has 0 aliphatic heterocycles. The standard InChI is InChI=1S/C8H5BrINO/c9-4-5-2-1-3-6-7(5)11-8(10)12-6/h1-3H,4H2. The number of hydrogen-bond donors (Lipinski definition) is 0. The summed E-state index contributed by atoms with van der Waals surface area (Å²) in [5, 5.41) is 0.812. The van der Waals surface area contributed by atoms with Crippen LogP contribution in [0, 0.1) is 3.90 Å². The maximum Gasteiger partial charge on any atom is 0.258 e. The van der Waals surface area contributed by atoms with E-state index >= 15 is 0 Å². The van der Waals surface area contributed by atoms with Gasteiger partial charge in [0, 0.05) is 27.9 Å². The molecule has 0 aliphatic rings. The number of nitrogens with zero attached hydrogens (tertiary/aromatic N) is 1. The van der Waals surface area contributed by atoms with Crippen LogP contribution >= 0.6 is 38.5 Å². The zero-order valence-corrected chi connectivity index (χ0v) is 9.79. The fourth-order valence-electron chi connectivity index (χ4n) is 1.09. The van der Waals surface area contributed by atoms with E-state index in [4.69, 9.17) is 4.42 Å². The Balaban J connectivity index is 2.78. The number of halogens is 2. The number of benzene rings is 1. The first kappa shape index (κ1) is 8.50. The van der Waals surface area contributed by atoms with Crippen molar-refractivity contribution in [3.8, 4) is 0 Å². The van der Waals surface area contributed by atoms with E-state index in [0.29, 0.717) is 3.90 Å². The molecule has 0 fully saturated rings. The van der Waals surface area contributed by atoms with Gasteiger partial charge in [-0.15, -0.1) is 0 Å².